The van der Waals surface area contributed by atoms with Crippen LogP contribution in [0.4, 0.5) is 0 Å². The van der Waals surface area contributed by atoms with Crippen molar-refractivity contribution in [3.8, 4) is 11.5 Å². The van der Waals surface area contributed by atoms with E-state index in [1.165, 1.54) is 24.3 Å². The van der Waals surface area contributed by atoms with Gasteiger partial charge in [0.2, 0.25) is 0 Å². The molecule has 0 bridgehead atoms. The van der Waals surface area contributed by atoms with Gasteiger partial charge in [-0.3, -0.25) is 4.79 Å². The zero-order chi connectivity index (χ0) is 20.8. The molecule has 2 aromatic carbocycles. The molecule has 148 valence electrons. The lowest BCUT2D eigenvalue weighted by molar-refractivity contribution is -0.136. The van der Waals surface area contributed by atoms with Crippen LogP contribution in [0.15, 0.2) is 70.4 Å². The first kappa shape index (κ1) is 20.2. The summed E-state index contributed by atoms with van der Waals surface area (Å²) in [6, 6.07) is 12.6. The molecule has 3 aromatic rings. The number of fused-ring (bicyclic) bond motifs is 1. The number of rotatable bonds is 7. The number of hydrogen-bond donors (Lipinski definition) is 1. The average molecular weight is 414 g/mol. The van der Waals surface area contributed by atoms with E-state index in [4.69, 9.17) is 25.5 Å². The van der Waals surface area contributed by atoms with Crippen molar-refractivity contribution in [1.82, 2.24) is 5.32 Å². The molecule has 29 heavy (non-hydrogen) atoms. The third kappa shape index (κ3) is 5.03. The summed E-state index contributed by atoms with van der Waals surface area (Å²) in [7, 11) is 0. The van der Waals surface area contributed by atoms with E-state index in [0.29, 0.717) is 16.2 Å². The molecule has 3 rings (SSSR count). The van der Waals surface area contributed by atoms with Crippen LogP contribution in [-0.2, 0) is 4.79 Å². The van der Waals surface area contributed by atoms with Crippen molar-refractivity contribution in [3.63, 3.8) is 0 Å². The summed E-state index contributed by atoms with van der Waals surface area (Å²) in [6.45, 7) is 3.36. The highest BCUT2D eigenvalue weighted by molar-refractivity contribution is 6.32. The predicted octanol–water partition coefficient (Wildman–Crippen LogP) is 3.35. The minimum Gasteiger partial charge on any atom is -0.480 e. The highest BCUT2D eigenvalue weighted by Crippen LogP contribution is 2.24. The number of carbonyl (C=O) groups is 2. The maximum Gasteiger partial charge on any atom is 0.349 e. The first-order valence-corrected chi connectivity index (χ1v) is 8.90. The van der Waals surface area contributed by atoms with E-state index in [1.807, 2.05) is 0 Å². The van der Waals surface area contributed by atoms with Gasteiger partial charge in [0.25, 0.3) is 5.91 Å². The number of nitrogens with one attached hydrogen (secondary N) is 1. The number of amides is 1. The summed E-state index contributed by atoms with van der Waals surface area (Å²) >= 11 is 5.96. The van der Waals surface area contributed by atoms with Crippen molar-refractivity contribution in [2.75, 3.05) is 13.2 Å². The highest BCUT2D eigenvalue weighted by atomic mass is 35.5. The highest BCUT2D eigenvalue weighted by Gasteiger charge is 2.14. The van der Waals surface area contributed by atoms with E-state index in [0.717, 1.165) is 0 Å². The van der Waals surface area contributed by atoms with Crippen LogP contribution < -0.4 is 20.4 Å². The lowest BCUT2D eigenvalue weighted by Gasteiger charge is -2.08. The van der Waals surface area contributed by atoms with E-state index in [2.05, 4.69) is 11.9 Å². The van der Waals surface area contributed by atoms with Crippen LogP contribution in [-0.4, -0.2) is 25.0 Å². The van der Waals surface area contributed by atoms with Crippen LogP contribution in [0.2, 0.25) is 5.02 Å². The molecule has 8 heteroatoms. The fourth-order valence-electron chi connectivity index (χ4n) is 2.43. The van der Waals surface area contributed by atoms with Crippen LogP contribution in [0.3, 0.4) is 0 Å². The van der Waals surface area contributed by atoms with Gasteiger partial charge in [-0.1, -0.05) is 29.8 Å². The van der Waals surface area contributed by atoms with Crippen molar-refractivity contribution in [2.24, 2.45) is 0 Å². The Morgan fingerprint density at radius 1 is 1.17 bits per heavy atom. The number of halogens is 1. The fourth-order valence-corrected chi connectivity index (χ4v) is 2.62. The summed E-state index contributed by atoms with van der Waals surface area (Å²) < 4.78 is 15.7. The Labute approximate surface area is 170 Å². The van der Waals surface area contributed by atoms with Crippen LogP contribution in [0.25, 0.3) is 11.0 Å². The van der Waals surface area contributed by atoms with Crippen molar-refractivity contribution in [2.45, 2.75) is 0 Å². The molecule has 0 saturated heterocycles. The molecule has 0 aliphatic heterocycles. The van der Waals surface area contributed by atoms with Gasteiger partial charge in [0, 0.05) is 18.0 Å². The largest absolute Gasteiger partial charge is 0.480 e. The third-order valence-corrected chi connectivity index (χ3v) is 4.09. The molecule has 0 atom stereocenters. The van der Waals surface area contributed by atoms with Crippen LogP contribution >= 0.6 is 11.6 Å². The van der Waals surface area contributed by atoms with Crippen LogP contribution in [0.1, 0.15) is 10.4 Å². The zero-order valence-electron chi connectivity index (χ0n) is 15.1. The monoisotopic (exact) mass is 413 g/mol. The van der Waals surface area contributed by atoms with Gasteiger partial charge in [-0.2, -0.15) is 0 Å². The van der Waals surface area contributed by atoms with Crippen LogP contribution in [0.5, 0.6) is 11.5 Å². The summed E-state index contributed by atoms with van der Waals surface area (Å²) in [5, 5.41) is 3.39. The van der Waals surface area contributed by atoms with Crippen molar-refractivity contribution in [3.05, 3.63) is 82.2 Å². The van der Waals surface area contributed by atoms with Gasteiger partial charge in [0.1, 0.15) is 22.6 Å². The van der Waals surface area contributed by atoms with E-state index >= 15 is 0 Å². The molecule has 1 aromatic heterocycles. The molecule has 1 heterocycles. The molecule has 0 saturated carbocycles. The van der Waals surface area contributed by atoms with Gasteiger partial charge in [-0.05, 0) is 30.3 Å². The molecule has 0 aliphatic rings. The number of benzene rings is 2. The minimum absolute atomic E-state index is 0.128. The van der Waals surface area contributed by atoms with E-state index in [1.54, 1.807) is 30.3 Å². The fraction of sp³-hybridized carbons (Fsp3) is 0.0952. The SMILES string of the molecule is C=CCNC(=O)c1cc2ccc(OC(=O)COc3ccccc3Cl)cc2oc1=O. The first-order chi connectivity index (χ1) is 14.0. The van der Waals surface area contributed by atoms with Gasteiger partial charge in [0.15, 0.2) is 6.61 Å². The summed E-state index contributed by atoms with van der Waals surface area (Å²) in [6.07, 6.45) is 1.50. The summed E-state index contributed by atoms with van der Waals surface area (Å²) in [5.74, 6) is -0.699. The second-order valence-electron chi connectivity index (χ2n) is 5.84. The standard InChI is InChI=1S/C21H16ClNO6/c1-2-9-23-20(25)15-10-13-7-8-14(11-18(13)29-21(15)26)28-19(24)12-27-17-6-4-3-5-16(17)22/h2-8,10-11H,1,9,12H2,(H,23,25). The molecule has 1 N–H and O–H groups in total. The van der Waals surface area contributed by atoms with Gasteiger partial charge in [-0.15, -0.1) is 6.58 Å². The molecule has 1 amide bonds. The second kappa shape index (κ2) is 9.07. The molecule has 0 spiro atoms. The van der Waals surface area contributed by atoms with Gasteiger partial charge in [-0.25, -0.2) is 9.59 Å². The second-order valence-corrected chi connectivity index (χ2v) is 6.25. The maximum atomic E-state index is 12.1. The molecule has 0 unspecified atom stereocenters. The maximum absolute atomic E-state index is 12.1. The Balaban J connectivity index is 1.71. The van der Waals surface area contributed by atoms with Gasteiger partial charge in [0.05, 0.1) is 5.02 Å². The molecule has 0 fully saturated rings. The molecular weight excluding hydrogens is 398 g/mol. The van der Waals surface area contributed by atoms with Crippen molar-refractivity contribution in [1.29, 1.82) is 0 Å². The Morgan fingerprint density at radius 2 is 1.97 bits per heavy atom. The van der Waals surface area contributed by atoms with Gasteiger partial charge >= 0.3 is 11.6 Å². The molecule has 7 nitrogen and oxygen atoms in total. The quantitative estimate of drug-likeness (QED) is 0.276. The number of ether oxygens (including phenoxy) is 2. The topological polar surface area (TPSA) is 94.8 Å². The smallest absolute Gasteiger partial charge is 0.349 e. The van der Waals surface area contributed by atoms with E-state index < -0.39 is 17.5 Å². The van der Waals surface area contributed by atoms with Crippen molar-refractivity contribution >= 4 is 34.4 Å². The Hall–Kier alpha value is -3.58. The molecular formula is C21H16ClNO6. The number of esters is 1. The first-order valence-electron chi connectivity index (χ1n) is 8.53. The Bertz CT molecular complexity index is 1140. The third-order valence-electron chi connectivity index (χ3n) is 3.77. The lowest BCUT2D eigenvalue weighted by atomic mass is 10.1. The number of hydrogen-bond acceptors (Lipinski definition) is 6. The summed E-state index contributed by atoms with van der Waals surface area (Å²) in [5.41, 5.74) is -0.755. The normalized spacial score (nSPS) is 10.4. The Kier molecular flexibility index (Phi) is 6.31. The number of carbonyl (C=O) groups excluding carboxylic acids is 2. The Morgan fingerprint density at radius 3 is 2.72 bits per heavy atom. The predicted molar refractivity (Wildman–Crippen MR) is 108 cm³/mol. The van der Waals surface area contributed by atoms with Crippen molar-refractivity contribution < 1.29 is 23.5 Å². The minimum atomic E-state index is -0.801. The zero-order valence-corrected chi connectivity index (χ0v) is 15.9. The lowest BCUT2D eigenvalue weighted by Crippen LogP contribution is -2.28. The summed E-state index contributed by atoms with van der Waals surface area (Å²) in [4.78, 5) is 36.1. The van der Waals surface area contributed by atoms with E-state index in [9.17, 15) is 14.4 Å². The van der Waals surface area contributed by atoms with E-state index in [-0.39, 0.29) is 30.0 Å². The van der Waals surface area contributed by atoms with Crippen LogP contribution in [0, 0.1) is 0 Å². The molecule has 0 aliphatic carbocycles. The molecule has 0 radical (unpaired) electrons. The number of para-hydroxylation sites is 1. The van der Waals surface area contributed by atoms with Gasteiger partial charge < -0.3 is 19.2 Å². The average Bonchev–Trinajstić information content (AvgIpc) is 2.71.